The highest BCUT2D eigenvalue weighted by Crippen LogP contribution is 2.40. The number of nitrogens with one attached hydrogen (secondary N) is 1. The van der Waals surface area contributed by atoms with Gasteiger partial charge in [-0.2, -0.15) is 0 Å². The van der Waals surface area contributed by atoms with E-state index in [-0.39, 0.29) is 11.9 Å². The first kappa shape index (κ1) is 20.4. The molecule has 1 aliphatic carbocycles. The molecule has 2 aromatic rings. The Kier molecular flexibility index (Phi) is 6.73. The molecular formula is C22H27NO4S. The van der Waals surface area contributed by atoms with E-state index in [4.69, 9.17) is 9.47 Å². The molecule has 150 valence electrons. The number of carbonyl (C=O) groups excluding carboxylic acids is 2. The SMILES string of the molecule is CCOC(=O)c1c(NC(=O)[C@H](CC)Oc2ccccc2)sc2c1CC[C@H](C)C2. The van der Waals surface area contributed by atoms with E-state index in [1.165, 1.54) is 16.2 Å². The second-order valence-electron chi connectivity index (χ2n) is 7.09. The van der Waals surface area contributed by atoms with Crippen LogP contribution in [0.15, 0.2) is 30.3 Å². The Morgan fingerprint density at radius 3 is 2.68 bits per heavy atom. The third kappa shape index (κ3) is 4.55. The molecule has 0 saturated heterocycles. The molecule has 1 heterocycles. The molecule has 0 radical (unpaired) electrons. The normalized spacial score (nSPS) is 16.8. The molecule has 28 heavy (non-hydrogen) atoms. The van der Waals surface area contributed by atoms with Crippen LogP contribution >= 0.6 is 11.3 Å². The predicted molar refractivity (Wildman–Crippen MR) is 111 cm³/mol. The topological polar surface area (TPSA) is 64.6 Å². The third-order valence-electron chi connectivity index (χ3n) is 4.91. The Morgan fingerprint density at radius 2 is 2.00 bits per heavy atom. The van der Waals surface area contributed by atoms with E-state index in [9.17, 15) is 9.59 Å². The van der Waals surface area contributed by atoms with Crippen LogP contribution in [0.25, 0.3) is 0 Å². The standard InChI is InChI=1S/C22H27NO4S/c1-4-17(27-15-9-7-6-8-10-15)20(24)23-21-19(22(25)26-5-2)16-12-11-14(3)13-18(16)28-21/h6-10,14,17H,4-5,11-13H2,1-3H3,(H,23,24)/t14-,17-/m0/s1. The summed E-state index contributed by atoms with van der Waals surface area (Å²) >= 11 is 1.49. The Morgan fingerprint density at radius 1 is 1.25 bits per heavy atom. The van der Waals surface area contributed by atoms with Crippen molar-refractivity contribution in [2.75, 3.05) is 11.9 Å². The summed E-state index contributed by atoms with van der Waals surface area (Å²) < 4.78 is 11.1. The van der Waals surface area contributed by atoms with Gasteiger partial charge in [-0.25, -0.2) is 4.79 Å². The first-order valence-corrected chi connectivity index (χ1v) is 10.7. The largest absolute Gasteiger partial charge is 0.481 e. The second-order valence-corrected chi connectivity index (χ2v) is 8.20. The number of rotatable bonds is 7. The number of carbonyl (C=O) groups is 2. The fraction of sp³-hybridized carbons (Fsp3) is 0.455. The van der Waals surface area contributed by atoms with E-state index in [1.54, 1.807) is 6.92 Å². The number of fused-ring (bicyclic) bond motifs is 1. The lowest BCUT2D eigenvalue weighted by atomic mass is 9.88. The van der Waals surface area contributed by atoms with Gasteiger partial charge in [-0.1, -0.05) is 32.0 Å². The average Bonchev–Trinajstić information content (AvgIpc) is 3.03. The van der Waals surface area contributed by atoms with E-state index in [0.29, 0.717) is 35.3 Å². The van der Waals surface area contributed by atoms with Crippen molar-refractivity contribution in [2.45, 2.75) is 52.6 Å². The van der Waals surface area contributed by atoms with Gasteiger partial charge in [0.1, 0.15) is 10.8 Å². The summed E-state index contributed by atoms with van der Waals surface area (Å²) in [6.07, 6.45) is 2.71. The Balaban J connectivity index is 1.83. The molecule has 0 bridgehead atoms. The van der Waals surface area contributed by atoms with Crippen molar-refractivity contribution in [3.63, 3.8) is 0 Å². The van der Waals surface area contributed by atoms with Crippen molar-refractivity contribution in [3.05, 3.63) is 46.3 Å². The molecule has 1 aliphatic rings. The van der Waals surface area contributed by atoms with Crippen LogP contribution in [-0.4, -0.2) is 24.6 Å². The maximum absolute atomic E-state index is 12.9. The third-order valence-corrected chi connectivity index (χ3v) is 6.08. The molecule has 0 unspecified atom stereocenters. The zero-order valence-electron chi connectivity index (χ0n) is 16.6. The molecule has 1 aromatic carbocycles. The lowest BCUT2D eigenvalue weighted by Gasteiger charge is -2.18. The van der Waals surface area contributed by atoms with E-state index < -0.39 is 6.10 Å². The quantitative estimate of drug-likeness (QED) is 0.674. The summed E-state index contributed by atoms with van der Waals surface area (Å²) in [6, 6.07) is 9.29. The van der Waals surface area contributed by atoms with Gasteiger partial charge in [0.05, 0.1) is 12.2 Å². The molecule has 2 atom stereocenters. The number of benzene rings is 1. The summed E-state index contributed by atoms with van der Waals surface area (Å²) in [4.78, 5) is 26.6. The molecule has 0 aliphatic heterocycles. The second kappa shape index (κ2) is 9.24. The van der Waals surface area contributed by atoms with Crippen molar-refractivity contribution < 1.29 is 19.1 Å². The summed E-state index contributed by atoms with van der Waals surface area (Å²) in [7, 11) is 0. The van der Waals surface area contributed by atoms with E-state index in [2.05, 4.69) is 12.2 Å². The van der Waals surface area contributed by atoms with Gasteiger partial charge < -0.3 is 14.8 Å². The van der Waals surface area contributed by atoms with Crippen LogP contribution in [0.1, 0.15) is 54.4 Å². The molecule has 6 heteroatoms. The molecule has 0 saturated carbocycles. The molecule has 1 N–H and O–H groups in total. The molecule has 5 nitrogen and oxygen atoms in total. The van der Waals surface area contributed by atoms with Crippen molar-refractivity contribution in [1.82, 2.24) is 0 Å². The lowest BCUT2D eigenvalue weighted by molar-refractivity contribution is -0.122. The van der Waals surface area contributed by atoms with Crippen LogP contribution in [0.4, 0.5) is 5.00 Å². The van der Waals surface area contributed by atoms with Crippen molar-refractivity contribution in [3.8, 4) is 5.75 Å². The maximum Gasteiger partial charge on any atom is 0.341 e. The fourth-order valence-corrected chi connectivity index (χ4v) is 4.84. The van der Waals surface area contributed by atoms with Gasteiger partial charge in [0, 0.05) is 4.88 Å². The number of hydrogen-bond donors (Lipinski definition) is 1. The maximum atomic E-state index is 12.9. The van der Waals surface area contributed by atoms with Gasteiger partial charge in [-0.15, -0.1) is 11.3 Å². The smallest absolute Gasteiger partial charge is 0.341 e. The molecule has 0 fully saturated rings. The summed E-state index contributed by atoms with van der Waals surface area (Å²) in [5.41, 5.74) is 1.56. The average molecular weight is 402 g/mol. The molecular weight excluding hydrogens is 374 g/mol. The first-order valence-electron chi connectivity index (χ1n) is 9.87. The van der Waals surface area contributed by atoms with Crippen LogP contribution in [0.5, 0.6) is 5.75 Å². The van der Waals surface area contributed by atoms with Gasteiger partial charge in [0.25, 0.3) is 5.91 Å². The van der Waals surface area contributed by atoms with Gasteiger partial charge >= 0.3 is 5.97 Å². The van der Waals surface area contributed by atoms with Crippen molar-refractivity contribution in [2.24, 2.45) is 5.92 Å². The van der Waals surface area contributed by atoms with E-state index >= 15 is 0 Å². The highest BCUT2D eigenvalue weighted by atomic mass is 32.1. The molecule has 3 rings (SSSR count). The van der Waals surface area contributed by atoms with E-state index in [1.807, 2.05) is 37.3 Å². The number of ether oxygens (including phenoxy) is 2. The summed E-state index contributed by atoms with van der Waals surface area (Å²) in [5, 5.41) is 3.53. The zero-order valence-corrected chi connectivity index (χ0v) is 17.4. The summed E-state index contributed by atoms with van der Waals surface area (Å²) in [6.45, 7) is 6.21. The lowest BCUT2D eigenvalue weighted by Crippen LogP contribution is -2.32. The molecule has 1 amide bonds. The van der Waals surface area contributed by atoms with Gasteiger partial charge in [0.15, 0.2) is 6.10 Å². The van der Waals surface area contributed by atoms with Crippen molar-refractivity contribution in [1.29, 1.82) is 0 Å². The highest BCUT2D eigenvalue weighted by Gasteiger charge is 2.30. The number of hydrogen-bond acceptors (Lipinski definition) is 5. The number of para-hydroxylation sites is 1. The van der Waals surface area contributed by atoms with Crippen molar-refractivity contribution >= 4 is 28.2 Å². The van der Waals surface area contributed by atoms with Gasteiger partial charge in [-0.05, 0) is 56.2 Å². The minimum absolute atomic E-state index is 0.247. The molecule has 1 aromatic heterocycles. The van der Waals surface area contributed by atoms with Gasteiger partial charge in [-0.3, -0.25) is 4.79 Å². The predicted octanol–water partition coefficient (Wildman–Crippen LogP) is 4.85. The van der Waals surface area contributed by atoms with Crippen LogP contribution in [0.2, 0.25) is 0 Å². The Bertz CT molecular complexity index is 831. The van der Waals surface area contributed by atoms with Crippen LogP contribution < -0.4 is 10.1 Å². The number of thiophene rings is 1. The molecule has 0 spiro atoms. The minimum Gasteiger partial charge on any atom is -0.481 e. The monoisotopic (exact) mass is 401 g/mol. The number of amides is 1. The fourth-order valence-electron chi connectivity index (χ4n) is 3.44. The first-order chi connectivity index (χ1) is 13.5. The van der Waals surface area contributed by atoms with Crippen LogP contribution in [0, 0.1) is 5.92 Å². The van der Waals surface area contributed by atoms with E-state index in [0.717, 1.165) is 24.8 Å². The minimum atomic E-state index is -0.629. The van der Waals surface area contributed by atoms with Crippen LogP contribution in [0.3, 0.4) is 0 Å². The Labute approximate surface area is 170 Å². The zero-order chi connectivity index (χ0) is 20.1. The summed E-state index contributed by atoms with van der Waals surface area (Å²) in [5.74, 6) is 0.620. The number of anilines is 1. The number of esters is 1. The Hall–Kier alpha value is -2.34. The highest BCUT2D eigenvalue weighted by molar-refractivity contribution is 7.17. The van der Waals surface area contributed by atoms with Crippen LogP contribution in [-0.2, 0) is 22.4 Å². The van der Waals surface area contributed by atoms with Gasteiger partial charge in [0.2, 0.25) is 0 Å².